The van der Waals surface area contributed by atoms with Gasteiger partial charge in [-0.1, -0.05) is 6.92 Å². The minimum atomic E-state index is -0.119. The van der Waals surface area contributed by atoms with Crippen molar-refractivity contribution in [3.05, 3.63) is 34.6 Å². The lowest BCUT2D eigenvalue weighted by Gasteiger charge is -2.22. The van der Waals surface area contributed by atoms with Gasteiger partial charge in [-0.3, -0.25) is 0 Å². The molecule has 0 saturated heterocycles. The molecule has 1 aromatic rings. The largest absolute Gasteiger partial charge is 0.312 e. The van der Waals surface area contributed by atoms with Crippen molar-refractivity contribution in [3.8, 4) is 0 Å². The summed E-state index contributed by atoms with van der Waals surface area (Å²) in [6.45, 7) is 14.0. The first-order valence-corrected chi connectivity index (χ1v) is 7.69. The number of halogens is 1. The van der Waals surface area contributed by atoms with E-state index in [1.54, 1.807) is 12.1 Å². The zero-order chi connectivity index (χ0) is 15.3. The molecule has 0 bridgehead atoms. The van der Waals surface area contributed by atoms with Crippen LogP contribution in [0.1, 0.15) is 57.2 Å². The summed E-state index contributed by atoms with van der Waals surface area (Å²) < 4.78 is 13.3. The molecule has 0 heterocycles. The van der Waals surface area contributed by atoms with E-state index < -0.39 is 0 Å². The van der Waals surface area contributed by atoms with Crippen LogP contribution in [0.15, 0.2) is 12.1 Å². The first-order valence-electron chi connectivity index (χ1n) is 7.69. The fourth-order valence-electron chi connectivity index (χ4n) is 2.56. The fourth-order valence-corrected chi connectivity index (χ4v) is 2.56. The van der Waals surface area contributed by atoms with E-state index in [0.717, 1.165) is 24.1 Å². The van der Waals surface area contributed by atoms with Gasteiger partial charge in [-0.2, -0.15) is 0 Å². The van der Waals surface area contributed by atoms with Crippen molar-refractivity contribution in [2.24, 2.45) is 5.92 Å². The molecular formula is C18H30FN. The van der Waals surface area contributed by atoms with Gasteiger partial charge >= 0.3 is 0 Å². The molecule has 2 heteroatoms. The second-order valence-electron chi connectivity index (χ2n) is 7.13. The third-order valence-electron chi connectivity index (χ3n) is 3.84. The van der Waals surface area contributed by atoms with Crippen LogP contribution in [0, 0.1) is 25.6 Å². The Kier molecular flexibility index (Phi) is 6.19. The maximum atomic E-state index is 13.3. The Morgan fingerprint density at radius 3 is 2.15 bits per heavy atom. The highest BCUT2D eigenvalue weighted by Gasteiger charge is 2.11. The number of hydrogen-bond acceptors (Lipinski definition) is 1. The average Bonchev–Trinajstić information content (AvgIpc) is 2.25. The zero-order valence-electron chi connectivity index (χ0n) is 13.9. The van der Waals surface area contributed by atoms with Crippen molar-refractivity contribution in [1.82, 2.24) is 5.32 Å². The first-order chi connectivity index (χ1) is 9.19. The van der Waals surface area contributed by atoms with Gasteiger partial charge in [0.1, 0.15) is 5.82 Å². The Labute approximate surface area is 124 Å². The highest BCUT2D eigenvalue weighted by atomic mass is 19.1. The molecule has 0 aromatic heterocycles. The van der Waals surface area contributed by atoms with Crippen LogP contribution in [-0.4, -0.2) is 12.1 Å². The number of aryl methyl sites for hydroxylation is 2. The minimum Gasteiger partial charge on any atom is -0.312 e. The Morgan fingerprint density at radius 1 is 1.10 bits per heavy atom. The number of hydrogen-bond donors (Lipinski definition) is 1. The highest BCUT2D eigenvalue weighted by molar-refractivity contribution is 5.34. The molecule has 1 atom stereocenters. The van der Waals surface area contributed by atoms with Gasteiger partial charge < -0.3 is 5.32 Å². The molecule has 0 aliphatic rings. The monoisotopic (exact) mass is 279 g/mol. The lowest BCUT2D eigenvalue weighted by molar-refractivity contribution is 0.386. The molecule has 1 rings (SSSR count). The van der Waals surface area contributed by atoms with Crippen molar-refractivity contribution >= 4 is 0 Å². The van der Waals surface area contributed by atoms with Crippen molar-refractivity contribution in [2.45, 2.75) is 66.3 Å². The van der Waals surface area contributed by atoms with Gasteiger partial charge in [0.25, 0.3) is 0 Å². The molecule has 0 aliphatic heterocycles. The zero-order valence-corrected chi connectivity index (χ0v) is 13.9. The summed E-state index contributed by atoms with van der Waals surface area (Å²) in [6.07, 6.45) is 3.41. The van der Waals surface area contributed by atoms with Gasteiger partial charge in [0, 0.05) is 5.54 Å². The first kappa shape index (κ1) is 17.2. The number of rotatable bonds is 6. The Bertz CT molecular complexity index is 409. The van der Waals surface area contributed by atoms with Crippen LogP contribution in [0.5, 0.6) is 0 Å². The molecule has 0 aliphatic carbocycles. The van der Waals surface area contributed by atoms with Gasteiger partial charge in [-0.25, -0.2) is 4.39 Å². The van der Waals surface area contributed by atoms with Crippen LogP contribution >= 0.6 is 0 Å². The topological polar surface area (TPSA) is 12.0 Å². The van der Waals surface area contributed by atoms with Crippen LogP contribution in [-0.2, 0) is 6.42 Å². The van der Waals surface area contributed by atoms with Crippen molar-refractivity contribution in [2.75, 3.05) is 6.54 Å². The van der Waals surface area contributed by atoms with E-state index >= 15 is 0 Å². The number of benzene rings is 1. The van der Waals surface area contributed by atoms with Gasteiger partial charge in [0.15, 0.2) is 0 Å². The van der Waals surface area contributed by atoms with Crippen LogP contribution in [0.3, 0.4) is 0 Å². The molecule has 1 N–H and O–H groups in total. The van der Waals surface area contributed by atoms with E-state index in [4.69, 9.17) is 0 Å². The molecule has 0 spiro atoms. The number of nitrogens with one attached hydrogen (secondary N) is 1. The van der Waals surface area contributed by atoms with E-state index in [0.29, 0.717) is 5.92 Å². The molecule has 0 saturated carbocycles. The molecule has 1 aromatic carbocycles. The maximum absolute atomic E-state index is 13.3. The van der Waals surface area contributed by atoms with E-state index in [-0.39, 0.29) is 11.4 Å². The normalized spacial score (nSPS) is 13.6. The average molecular weight is 279 g/mol. The quantitative estimate of drug-likeness (QED) is 0.789. The summed E-state index contributed by atoms with van der Waals surface area (Å²) in [7, 11) is 0. The predicted molar refractivity (Wildman–Crippen MR) is 85.7 cm³/mol. The summed E-state index contributed by atoms with van der Waals surface area (Å²) in [6, 6.07) is 3.29. The maximum Gasteiger partial charge on any atom is 0.123 e. The second-order valence-corrected chi connectivity index (χ2v) is 7.13. The predicted octanol–water partition coefficient (Wildman–Crippen LogP) is 4.79. The Morgan fingerprint density at radius 2 is 1.65 bits per heavy atom. The SMILES string of the molecule is Cc1cc(F)cc(C)c1CCC(C)CCNC(C)(C)C. The lowest BCUT2D eigenvalue weighted by Crippen LogP contribution is -2.36. The van der Waals surface area contributed by atoms with Crippen molar-refractivity contribution in [3.63, 3.8) is 0 Å². The van der Waals surface area contributed by atoms with Crippen molar-refractivity contribution < 1.29 is 4.39 Å². The standard InChI is InChI=1S/C18H30FN/c1-13(9-10-20-18(4,5)6)7-8-17-14(2)11-16(19)12-15(17)3/h11-13,20H,7-10H2,1-6H3. The Hall–Kier alpha value is -0.890. The lowest BCUT2D eigenvalue weighted by atomic mass is 9.93. The van der Waals surface area contributed by atoms with Gasteiger partial charge in [0.2, 0.25) is 0 Å². The summed E-state index contributed by atoms with van der Waals surface area (Å²) in [5.41, 5.74) is 3.69. The third kappa shape index (κ3) is 6.04. The minimum absolute atomic E-state index is 0.119. The molecule has 0 radical (unpaired) electrons. The van der Waals surface area contributed by atoms with Gasteiger partial charge in [-0.15, -0.1) is 0 Å². The van der Waals surface area contributed by atoms with E-state index in [1.165, 1.54) is 18.4 Å². The fraction of sp³-hybridized carbons (Fsp3) is 0.667. The summed E-state index contributed by atoms with van der Waals surface area (Å²) in [5.74, 6) is 0.569. The smallest absolute Gasteiger partial charge is 0.123 e. The van der Waals surface area contributed by atoms with Crippen LogP contribution in [0.4, 0.5) is 4.39 Å². The van der Waals surface area contributed by atoms with E-state index in [1.807, 2.05) is 13.8 Å². The van der Waals surface area contributed by atoms with Gasteiger partial charge in [0.05, 0.1) is 0 Å². The molecule has 0 amide bonds. The molecule has 1 nitrogen and oxygen atoms in total. The molecule has 114 valence electrons. The summed E-state index contributed by atoms with van der Waals surface area (Å²) in [4.78, 5) is 0. The second kappa shape index (κ2) is 7.21. The van der Waals surface area contributed by atoms with Crippen LogP contribution in [0.25, 0.3) is 0 Å². The molecule has 20 heavy (non-hydrogen) atoms. The molecule has 0 fully saturated rings. The van der Waals surface area contributed by atoms with Crippen LogP contribution < -0.4 is 5.32 Å². The van der Waals surface area contributed by atoms with E-state index in [2.05, 4.69) is 33.0 Å². The van der Waals surface area contributed by atoms with Crippen molar-refractivity contribution in [1.29, 1.82) is 0 Å². The molecular weight excluding hydrogens is 249 g/mol. The summed E-state index contributed by atoms with van der Waals surface area (Å²) >= 11 is 0. The van der Waals surface area contributed by atoms with Gasteiger partial charge in [-0.05, 0) is 95.2 Å². The van der Waals surface area contributed by atoms with E-state index in [9.17, 15) is 4.39 Å². The summed E-state index contributed by atoms with van der Waals surface area (Å²) in [5, 5.41) is 3.53. The highest BCUT2D eigenvalue weighted by Crippen LogP contribution is 2.20. The Balaban J connectivity index is 2.43. The van der Waals surface area contributed by atoms with Crippen LogP contribution in [0.2, 0.25) is 0 Å². The molecule has 1 unspecified atom stereocenters. The third-order valence-corrected chi connectivity index (χ3v) is 3.84.